The predicted octanol–water partition coefficient (Wildman–Crippen LogP) is 1.89. The molecule has 0 rings (SSSR count). The van der Waals surface area contributed by atoms with Crippen LogP contribution in [0.2, 0.25) is 0 Å². The number of rotatable bonds is 31. The summed E-state index contributed by atoms with van der Waals surface area (Å²) in [6, 6.07) is 0. The summed E-state index contributed by atoms with van der Waals surface area (Å²) in [5.41, 5.74) is 0. The zero-order chi connectivity index (χ0) is 26.2. The molecule has 0 aromatic carbocycles. The van der Waals surface area contributed by atoms with Gasteiger partial charge in [0, 0.05) is 13.5 Å². The zero-order valence-electron chi connectivity index (χ0n) is 22.5. The van der Waals surface area contributed by atoms with Crippen LogP contribution in [0.3, 0.4) is 0 Å². The van der Waals surface area contributed by atoms with E-state index in [9.17, 15) is 4.79 Å². The van der Waals surface area contributed by atoms with Gasteiger partial charge in [0.05, 0.1) is 112 Å². The highest BCUT2D eigenvalue weighted by molar-refractivity contribution is 5.69. The number of carbonyl (C=O) groups excluding carboxylic acids is 1. The lowest BCUT2D eigenvalue weighted by Gasteiger charge is -2.09. The zero-order valence-corrected chi connectivity index (χ0v) is 22.5. The maximum atomic E-state index is 11.4. The summed E-state index contributed by atoms with van der Waals surface area (Å²) in [6.07, 6.45) is 3.51. The molecule has 0 atom stereocenters. The lowest BCUT2D eigenvalue weighted by molar-refractivity contribution is -0.145. The van der Waals surface area contributed by atoms with Gasteiger partial charge in [-0.05, 0) is 6.42 Å². The van der Waals surface area contributed by atoms with Gasteiger partial charge in [-0.2, -0.15) is 0 Å². The van der Waals surface area contributed by atoms with Crippen LogP contribution in [0.25, 0.3) is 0 Å². The van der Waals surface area contributed by atoms with Gasteiger partial charge in [-0.3, -0.25) is 4.79 Å². The van der Waals surface area contributed by atoms with Crippen molar-refractivity contribution in [3.8, 4) is 0 Å². The third kappa shape index (κ3) is 31.1. The Labute approximate surface area is 217 Å². The van der Waals surface area contributed by atoms with Crippen LogP contribution in [0, 0.1) is 0 Å². The molecule has 0 aliphatic carbocycles. The van der Waals surface area contributed by atoms with E-state index in [-0.39, 0.29) is 12.6 Å². The van der Waals surface area contributed by atoms with Gasteiger partial charge < -0.3 is 47.4 Å². The fraction of sp³-hybridized carbons (Fsp3) is 0.960. The van der Waals surface area contributed by atoms with Gasteiger partial charge in [0.1, 0.15) is 6.61 Å². The highest BCUT2D eigenvalue weighted by Crippen LogP contribution is 2.00. The van der Waals surface area contributed by atoms with E-state index >= 15 is 0 Å². The molecule has 0 aliphatic heterocycles. The van der Waals surface area contributed by atoms with Crippen molar-refractivity contribution < 1.29 is 52.2 Å². The molecule has 0 amide bonds. The largest absolute Gasteiger partial charge is 0.463 e. The van der Waals surface area contributed by atoms with E-state index in [1.807, 2.05) is 0 Å². The fourth-order valence-corrected chi connectivity index (χ4v) is 2.59. The molecular formula is C25H50O11. The van der Waals surface area contributed by atoms with Gasteiger partial charge in [0.25, 0.3) is 0 Å². The van der Waals surface area contributed by atoms with E-state index in [4.69, 9.17) is 47.4 Å². The second-order valence-electron chi connectivity index (χ2n) is 7.57. The van der Waals surface area contributed by atoms with Crippen molar-refractivity contribution in [3.05, 3.63) is 0 Å². The molecule has 0 bridgehead atoms. The molecule has 0 spiro atoms. The van der Waals surface area contributed by atoms with Crippen molar-refractivity contribution in [2.75, 3.05) is 126 Å². The summed E-state index contributed by atoms with van der Waals surface area (Å²) >= 11 is 0. The van der Waals surface area contributed by atoms with Gasteiger partial charge in [-0.25, -0.2) is 0 Å². The van der Waals surface area contributed by atoms with E-state index in [2.05, 4.69) is 6.92 Å². The molecule has 0 aromatic rings. The highest BCUT2D eigenvalue weighted by Gasteiger charge is 2.01. The van der Waals surface area contributed by atoms with Gasteiger partial charge in [0.15, 0.2) is 0 Å². The lowest BCUT2D eigenvalue weighted by Crippen LogP contribution is -2.15. The highest BCUT2D eigenvalue weighted by atomic mass is 16.6. The minimum atomic E-state index is -0.156. The van der Waals surface area contributed by atoms with Crippen LogP contribution >= 0.6 is 0 Å². The number of ether oxygens (including phenoxy) is 10. The molecule has 0 N–H and O–H groups in total. The van der Waals surface area contributed by atoms with E-state index < -0.39 is 0 Å². The second-order valence-corrected chi connectivity index (χ2v) is 7.57. The van der Waals surface area contributed by atoms with Crippen molar-refractivity contribution in [2.45, 2.75) is 32.6 Å². The lowest BCUT2D eigenvalue weighted by atomic mass is 10.2. The normalized spacial score (nSPS) is 11.3. The average molecular weight is 527 g/mol. The van der Waals surface area contributed by atoms with Gasteiger partial charge in [-0.1, -0.05) is 19.8 Å². The molecular weight excluding hydrogens is 476 g/mol. The van der Waals surface area contributed by atoms with Crippen LogP contribution in [0.4, 0.5) is 0 Å². The summed E-state index contributed by atoms with van der Waals surface area (Å²) in [5, 5.41) is 0. The van der Waals surface area contributed by atoms with E-state index in [1.165, 1.54) is 0 Å². The Bertz CT molecular complexity index is 427. The Morgan fingerprint density at radius 3 is 1.06 bits per heavy atom. The molecule has 0 radical (unpaired) electrons. The number of hydrogen-bond donors (Lipinski definition) is 0. The Balaban J connectivity index is 3.06. The molecule has 0 aromatic heterocycles. The molecule has 0 saturated heterocycles. The molecule has 216 valence electrons. The predicted molar refractivity (Wildman–Crippen MR) is 134 cm³/mol. The first-order valence-electron chi connectivity index (χ1n) is 13.1. The first kappa shape index (κ1) is 35.1. The minimum Gasteiger partial charge on any atom is -0.463 e. The summed E-state index contributed by atoms with van der Waals surface area (Å²) in [6.45, 7) is 11.1. The molecule has 11 nitrogen and oxygen atoms in total. The smallest absolute Gasteiger partial charge is 0.305 e. The standard InChI is InChI=1S/C25H50O11/c1-3-4-5-6-25(26)36-24-23-35-22-21-34-20-19-33-18-17-32-16-15-31-14-13-30-12-11-29-10-9-28-8-7-27-2/h3-24H2,1-2H3. The van der Waals surface area contributed by atoms with Crippen molar-refractivity contribution >= 4 is 5.97 Å². The summed E-state index contributed by atoms with van der Waals surface area (Å²) in [7, 11) is 1.64. The number of carbonyl (C=O) groups is 1. The van der Waals surface area contributed by atoms with Crippen LogP contribution in [0.1, 0.15) is 32.6 Å². The number of esters is 1. The summed E-state index contributed by atoms with van der Waals surface area (Å²) < 4.78 is 53.1. The summed E-state index contributed by atoms with van der Waals surface area (Å²) in [4.78, 5) is 11.4. The third-order valence-electron chi connectivity index (χ3n) is 4.51. The Hall–Kier alpha value is -0.890. The Kier molecular flexibility index (Phi) is 31.3. The Morgan fingerprint density at radius 2 is 0.750 bits per heavy atom. The first-order valence-corrected chi connectivity index (χ1v) is 13.1. The molecule has 0 heterocycles. The van der Waals surface area contributed by atoms with Crippen LogP contribution in [0.5, 0.6) is 0 Å². The monoisotopic (exact) mass is 526 g/mol. The van der Waals surface area contributed by atoms with E-state index in [1.54, 1.807) is 7.11 Å². The average Bonchev–Trinajstić information content (AvgIpc) is 2.88. The number of hydrogen-bond acceptors (Lipinski definition) is 11. The molecule has 11 heteroatoms. The quantitative estimate of drug-likeness (QED) is 0.0976. The maximum absolute atomic E-state index is 11.4. The van der Waals surface area contributed by atoms with Crippen molar-refractivity contribution in [1.82, 2.24) is 0 Å². The molecule has 0 fully saturated rings. The topological polar surface area (TPSA) is 109 Å². The van der Waals surface area contributed by atoms with Gasteiger partial charge in [0.2, 0.25) is 0 Å². The fourth-order valence-electron chi connectivity index (χ4n) is 2.59. The van der Waals surface area contributed by atoms with Crippen LogP contribution in [-0.4, -0.2) is 132 Å². The number of methoxy groups -OCH3 is 1. The van der Waals surface area contributed by atoms with E-state index in [0.717, 1.165) is 19.3 Å². The van der Waals surface area contributed by atoms with E-state index in [0.29, 0.717) is 119 Å². The van der Waals surface area contributed by atoms with Crippen molar-refractivity contribution in [3.63, 3.8) is 0 Å². The van der Waals surface area contributed by atoms with Gasteiger partial charge in [-0.15, -0.1) is 0 Å². The maximum Gasteiger partial charge on any atom is 0.305 e. The Morgan fingerprint density at radius 1 is 0.444 bits per heavy atom. The third-order valence-corrected chi connectivity index (χ3v) is 4.51. The molecule has 0 aliphatic rings. The molecule has 36 heavy (non-hydrogen) atoms. The van der Waals surface area contributed by atoms with Crippen molar-refractivity contribution in [1.29, 1.82) is 0 Å². The molecule has 0 saturated carbocycles. The van der Waals surface area contributed by atoms with Crippen LogP contribution in [0.15, 0.2) is 0 Å². The molecule has 0 unspecified atom stereocenters. The first-order chi connectivity index (χ1) is 17.8. The second kappa shape index (κ2) is 32.1. The van der Waals surface area contributed by atoms with Gasteiger partial charge >= 0.3 is 5.97 Å². The number of unbranched alkanes of at least 4 members (excludes halogenated alkanes) is 2. The van der Waals surface area contributed by atoms with Crippen LogP contribution < -0.4 is 0 Å². The minimum absolute atomic E-state index is 0.156. The van der Waals surface area contributed by atoms with Crippen LogP contribution in [-0.2, 0) is 52.2 Å². The summed E-state index contributed by atoms with van der Waals surface area (Å²) in [5.74, 6) is -0.156. The van der Waals surface area contributed by atoms with Crippen molar-refractivity contribution in [2.24, 2.45) is 0 Å². The SMILES string of the molecule is CCCCCC(=O)OCCOCCOCCOCCOCCOCCOCCOCCOCCOC.